The molecule has 0 saturated heterocycles. The van der Waals surface area contributed by atoms with Crippen LogP contribution in [0.3, 0.4) is 0 Å². The average molecular weight is 585 g/mol. The fourth-order valence-electron chi connectivity index (χ4n) is 3.38. The summed E-state index contributed by atoms with van der Waals surface area (Å²) in [6, 6.07) is 5.40. The molecule has 0 amide bonds. The van der Waals surface area contributed by atoms with Crippen molar-refractivity contribution >= 4 is 28.4 Å². The summed E-state index contributed by atoms with van der Waals surface area (Å²) < 4.78 is 78.7. The fraction of sp³-hybridized carbons (Fsp3) is 0.370. The lowest BCUT2D eigenvalue weighted by Crippen LogP contribution is -2.57. The molecule has 40 heavy (non-hydrogen) atoms. The molecule has 1 atom stereocenters. The molecule has 0 bridgehead atoms. The molecule has 4 N–H and O–H groups in total. The Bertz CT molecular complexity index is 1250. The number of sulfonamides is 1. The third-order valence-electron chi connectivity index (χ3n) is 5.86. The van der Waals surface area contributed by atoms with E-state index in [-0.39, 0.29) is 37.6 Å². The standard InChI is InChI=1S/C27H36F4N6O2S/c1-6-15-34-25(35-16-14-20(5)17-23(7-2)40(32,38)39)36-24(37-26(8-3,9-4)27(29,30)31)19-33-18-21-10-12-22(28)13-11-21/h6-7,10-15,18-19,23,37H,1-2,8-9,16-17H2,3-5H3,(H,35,36)(H2,32,38,39)/b20-14+,24-19-,33-18?,34-15+. The van der Waals surface area contributed by atoms with Gasteiger partial charge in [0.15, 0.2) is 0 Å². The Morgan fingerprint density at radius 1 is 1.15 bits per heavy atom. The second-order valence-electron chi connectivity index (χ2n) is 8.71. The summed E-state index contributed by atoms with van der Waals surface area (Å²) in [5.74, 6) is -0.636. The van der Waals surface area contributed by atoms with Crippen molar-refractivity contribution in [3.05, 3.63) is 84.6 Å². The van der Waals surface area contributed by atoms with Gasteiger partial charge in [0.2, 0.25) is 16.0 Å². The Morgan fingerprint density at radius 2 is 1.77 bits per heavy atom. The Hall–Kier alpha value is -3.58. The number of primary sulfonamides is 1. The van der Waals surface area contributed by atoms with E-state index in [1.807, 2.05) is 0 Å². The molecule has 0 aromatic heterocycles. The lowest BCUT2D eigenvalue weighted by atomic mass is 9.92. The molecule has 13 heteroatoms. The maximum atomic E-state index is 14.1. The number of nitrogens with two attached hydrogens (primary N) is 1. The molecule has 0 saturated carbocycles. The maximum Gasteiger partial charge on any atom is 0.411 e. The van der Waals surface area contributed by atoms with Crippen LogP contribution in [0.2, 0.25) is 0 Å². The summed E-state index contributed by atoms with van der Waals surface area (Å²) in [5, 5.41) is 9.50. The molecular formula is C27H36F4N6O2S. The summed E-state index contributed by atoms with van der Waals surface area (Å²) in [5.41, 5.74) is -1.09. The zero-order valence-corrected chi connectivity index (χ0v) is 23.6. The van der Waals surface area contributed by atoms with Gasteiger partial charge in [-0.1, -0.05) is 56.4 Å². The van der Waals surface area contributed by atoms with Crippen LogP contribution in [-0.2, 0) is 10.0 Å². The van der Waals surface area contributed by atoms with Crippen LogP contribution in [0.4, 0.5) is 17.6 Å². The van der Waals surface area contributed by atoms with Gasteiger partial charge in [0.05, 0.1) is 18.0 Å². The van der Waals surface area contributed by atoms with E-state index in [4.69, 9.17) is 5.14 Å². The van der Waals surface area contributed by atoms with Crippen LogP contribution in [-0.4, -0.2) is 50.3 Å². The molecule has 1 rings (SSSR count). The van der Waals surface area contributed by atoms with Crippen molar-refractivity contribution in [3.63, 3.8) is 0 Å². The summed E-state index contributed by atoms with van der Waals surface area (Å²) >= 11 is 0. The second-order valence-corrected chi connectivity index (χ2v) is 10.5. The molecular weight excluding hydrogens is 548 g/mol. The van der Waals surface area contributed by atoms with Gasteiger partial charge in [-0.25, -0.2) is 27.9 Å². The Morgan fingerprint density at radius 3 is 2.27 bits per heavy atom. The minimum Gasteiger partial charge on any atom is -0.356 e. The fourth-order valence-corrected chi connectivity index (χ4v) is 4.14. The third-order valence-corrected chi connectivity index (χ3v) is 7.06. The number of halogens is 4. The van der Waals surface area contributed by atoms with E-state index >= 15 is 0 Å². The minimum absolute atomic E-state index is 0.0230. The average Bonchev–Trinajstić information content (AvgIpc) is 2.88. The molecule has 220 valence electrons. The number of allylic oxidation sites excluding steroid dienone is 2. The lowest BCUT2D eigenvalue weighted by Gasteiger charge is -2.36. The number of nitrogens with zero attached hydrogens (tertiary/aromatic N) is 3. The highest BCUT2D eigenvalue weighted by Crippen LogP contribution is 2.36. The normalized spacial score (nSPS) is 14.9. The van der Waals surface area contributed by atoms with E-state index in [0.29, 0.717) is 11.1 Å². The van der Waals surface area contributed by atoms with Crippen molar-refractivity contribution in [2.24, 2.45) is 20.1 Å². The molecule has 0 aliphatic heterocycles. The molecule has 8 nitrogen and oxygen atoms in total. The van der Waals surface area contributed by atoms with Crippen molar-refractivity contribution in [1.82, 2.24) is 10.6 Å². The van der Waals surface area contributed by atoms with Crippen molar-refractivity contribution < 1.29 is 26.0 Å². The minimum atomic E-state index is -4.59. The zero-order chi connectivity index (χ0) is 30.4. The largest absolute Gasteiger partial charge is 0.411 e. The number of guanidine groups is 1. The SMILES string of the molecule is C=C/C=N/C(=NC/C=C(\C)CC(C=C)S(N)(=O)=O)N/C(=C/N=Cc1ccc(F)cc1)NC(CC)(CC)C(F)(F)F. The molecule has 1 aromatic rings. The molecule has 1 aromatic carbocycles. The monoisotopic (exact) mass is 584 g/mol. The van der Waals surface area contributed by atoms with Crippen molar-refractivity contribution in [3.8, 4) is 0 Å². The van der Waals surface area contributed by atoms with Crippen LogP contribution in [0, 0.1) is 5.82 Å². The number of aliphatic imine (C=N–C) groups is 3. The Balaban J connectivity index is 3.38. The van der Waals surface area contributed by atoms with E-state index in [1.165, 1.54) is 62.7 Å². The van der Waals surface area contributed by atoms with Crippen LogP contribution in [0.5, 0.6) is 0 Å². The quantitative estimate of drug-likeness (QED) is 0.121. The van der Waals surface area contributed by atoms with E-state index in [9.17, 15) is 26.0 Å². The first-order valence-corrected chi connectivity index (χ1v) is 13.9. The highest BCUT2D eigenvalue weighted by atomic mass is 32.2. The van der Waals surface area contributed by atoms with Gasteiger partial charge in [-0.15, -0.1) is 6.58 Å². The van der Waals surface area contributed by atoms with Crippen molar-refractivity contribution in [2.45, 2.75) is 57.0 Å². The lowest BCUT2D eigenvalue weighted by molar-refractivity contribution is -0.196. The van der Waals surface area contributed by atoms with Crippen LogP contribution in [0.15, 0.2) is 88.2 Å². The third kappa shape index (κ3) is 11.3. The van der Waals surface area contributed by atoms with E-state index in [1.54, 1.807) is 13.0 Å². The Labute approximate surface area is 233 Å². The molecule has 0 heterocycles. The zero-order valence-electron chi connectivity index (χ0n) is 22.7. The van der Waals surface area contributed by atoms with Crippen LogP contribution >= 0.6 is 0 Å². The Kier molecular flexibility index (Phi) is 13.7. The summed E-state index contributed by atoms with van der Waals surface area (Å²) in [6.07, 6.45) is 3.00. The van der Waals surface area contributed by atoms with E-state index in [2.05, 4.69) is 38.8 Å². The van der Waals surface area contributed by atoms with Gasteiger partial charge in [0.1, 0.15) is 17.2 Å². The predicted molar refractivity (Wildman–Crippen MR) is 154 cm³/mol. The second kappa shape index (κ2) is 15.9. The number of benzene rings is 1. The number of hydrogen-bond donors (Lipinski definition) is 3. The molecule has 0 aliphatic carbocycles. The summed E-state index contributed by atoms with van der Waals surface area (Å²) in [6.45, 7) is 11.6. The molecule has 0 fully saturated rings. The van der Waals surface area contributed by atoms with E-state index in [0.717, 1.165) is 6.20 Å². The maximum absolute atomic E-state index is 14.1. The van der Waals surface area contributed by atoms with Gasteiger partial charge >= 0.3 is 6.18 Å². The van der Waals surface area contributed by atoms with E-state index < -0.39 is 32.8 Å². The van der Waals surface area contributed by atoms with Gasteiger partial charge < -0.3 is 10.6 Å². The van der Waals surface area contributed by atoms with Crippen LogP contribution in [0.1, 0.15) is 45.6 Å². The van der Waals surface area contributed by atoms with Gasteiger partial charge in [-0.2, -0.15) is 13.2 Å². The van der Waals surface area contributed by atoms with Gasteiger partial charge in [0, 0.05) is 12.4 Å². The first-order chi connectivity index (χ1) is 18.7. The highest BCUT2D eigenvalue weighted by molar-refractivity contribution is 7.89. The number of rotatable bonds is 14. The molecule has 0 radical (unpaired) electrons. The number of hydrogen-bond acceptors (Lipinski definition) is 5. The van der Waals surface area contributed by atoms with Crippen molar-refractivity contribution in [1.29, 1.82) is 0 Å². The number of nitrogens with one attached hydrogen (secondary N) is 2. The topological polar surface area (TPSA) is 121 Å². The van der Waals surface area contributed by atoms with Crippen LogP contribution < -0.4 is 15.8 Å². The first-order valence-electron chi connectivity index (χ1n) is 12.3. The van der Waals surface area contributed by atoms with Gasteiger partial charge in [-0.3, -0.25) is 4.99 Å². The van der Waals surface area contributed by atoms with Crippen molar-refractivity contribution in [2.75, 3.05) is 6.54 Å². The highest BCUT2D eigenvalue weighted by Gasteiger charge is 2.52. The number of alkyl halides is 3. The van der Waals surface area contributed by atoms with Crippen LogP contribution in [0.25, 0.3) is 0 Å². The summed E-state index contributed by atoms with van der Waals surface area (Å²) in [4.78, 5) is 12.5. The molecule has 1 unspecified atom stereocenters. The molecule has 0 spiro atoms. The first kappa shape index (κ1) is 34.4. The van der Waals surface area contributed by atoms with Gasteiger partial charge in [0.25, 0.3) is 0 Å². The molecule has 0 aliphatic rings. The van der Waals surface area contributed by atoms with Gasteiger partial charge in [-0.05, 0) is 43.9 Å². The smallest absolute Gasteiger partial charge is 0.356 e. The predicted octanol–water partition coefficient (Wildman–Crippen LogP) is 5.14. The summed E-state index contributed by atoms with van der Waals surface area (Å²) in [7, 11) is -3.83.